The van der Waals surface area contributed by atoms with Gasteiger partial charge in [-0.15, -0.1) is 0 Å². The number of aromatic nitrogens is 1. The van der Waals surface area contributed by atoms with Crippen molar-refractivity contribution in [2.75, 3.05) is 26.7 Å². The van der Waals surface area contributed by atoms with Crippen LogP contribution in [0, 0.1) is 0 Å². The van der Waals surface area contributed by atoms with Gasteiger partial charge in [-0.3, -0.25) is 14.7 Å². The van der Waals surface area contributed by atoms with Crippen molar-refractivity contribution >= 4 is 5.91 Å². The minimum atomic E-state index is -0.0388. The van der Waals surface area contributed by atoms with E-state index in [1.54, 1.807) is 6.20 Å². The van der Waals surface area contributed by atoms with Crippen LogP contribution < -0.4 is 10.1 Å². The van der Waals surface area contributed by atoms with Gasteiger partial charge in [0.1, 0.15) is 12.4 Å². The van der Waals surface area contributed by atoms with Crippen LogP contribution in [0.3, 0.4) is 0 Å². The number of carbonyl (C=O) groups is 1. The summed E-state index contributed by atoms with van der Waals surface area (Å²) in [6.45, 7) is 3.62. The highest BCUT2D eigenvalue weighted by atomic mass is 16.5. The molecule has 104 valence electrons. The molecule has 1 aliphatic rings. The van der Waals surface area contributed by atoms with Crippen molar-refractivity contribution in [2.24, 2.45) is 0 Å². The van der Waals surface area contributed by atoms with Crippen LogP contribution in [0.15, 0.2) is 18.5 Å². The first-order valence-electron chi connectivity index (χ1n) is 6.69. The third kappa shape index (κ3) is 3.92. The quantitative estimate of drug-likeness (QED) is 0.815. The van der Waals surface area contributed by atoms with E-state index in [9.17, 15) is 4.79 Å². The van der Waals surface area contributed by atoms with Crippen LogP contribution in [0.25, 0.3) is 0 Å². The molecule has 19 heavy (non-hydrogen) atoms. The summed E-state index contributed by atoms with van der Waals surface area (Å²) in [7, 11) is 2.14. The molecule has 1 saturated heterocycles. The Morgan fingerprint density at radius 1 is 1.58 bits per heavy atom. The van der Waals surface area contributed by atoms with Gasteiger partial charge in [0.25, 0.3) is 0 Å². The highest BCUT2D eigenvalue weighted by Crippen LogP contribution is 2.31. The molecule has 0 aromatic carbocycles. The molecule has 0 unspecified atom stereocenters. The lowest BCUT2D eigenvalue weighted by atomic mass is 10.1. The summed E-state index contributed by atoms with van der Waals surface area (Å²) in [5.74, 6) is 0.728. The van der Waals surface area contributed by atoms with E-state index in [1.807, 2.05) is 12.3 Å². The fourth-order valence-electron chi connectivity index (χ4n) is 2.42. The molecule has 1 N–H and O–H groups in total. The van der Waals surface area contributed by atoms with Crippen molar-refractivity contribution in [2.45, 2.75) is 25.8 Å². The van der Waals surface area contributed by atoms with E-state index in [-0.39, 0.29) is 5.91 Å². The number of nitrogens with zero attached hydrogens (tertiary/aromatic N) is 2. The summed E-state index contributed by atoms with van der Waals surface area (Å²) in [6, 6.07) is 2.50. The Bertz CT molecular complexity index is 436. The second kappa shape index (κ2) is 6.52. The molecule has 5 heteroatoms. The van der Waals surface area contributed by atoms with E-state index in [0.717, 1.165) is 12.3 Å². The molecule has 1 aromatic heterocycles. The lowest BCUT2D eigenvalue weighted by Crippen LogP contribution is -2.25. The lowest BCUT2D eigenvalue weighted by molar-refractivity contribution is -0.119. The van der Waals surface area contributed by atoms with Gasteiger partial charge in [0.2, 0.25) is 5.91 Å². The van der Waals surface area contributed by atoms with E-state index in [0.29, 0.717) is 19.2 Å². The molecule has 0 saturated carbocycles. The highest BCUT2D eigenvalue weighted by Gasteiger charge is 2.22. The van der Waals surface area contributed by atoms with Gasteiger partial charge in [-0.25, -0.2) is 0 Å². The first kappa shape index (κ1) is 13.8. The van der Waals surface area contributed by atoms with Crippen LogP contribution >= 0.6 is 0 Å². The monoisotopic (exact) mass is 263 g/mol. The molecular weight excluding hydrogens is 242 g/mol. The summed E-state index contributed by atoms with van der Waals surface area (Å²) in [4.78, 5) is 17.3. The van der Waals surface area contributed by atoms with Gasteiger partial charge in [0, 0.05) is 19.2 Å². The summed E-state index contributed by atoms with van der Waals surface area (Å²) < 4.78 is 5.60. The van der Waals surface area contributed by atoms with Crippen LogP contribution in [0.4, 0.5) is 0 Å². The van der Waals surface area contributed by atoms with Crippen molar-refractivity contribution in [3.05, 3.63) is 24.0 Å². The van der Waals surface area contributed by atoms with Gasteiger partial charge >= 0.3 is 0 Å². The average Bonchev–Trinajstić information content (AvgIpc) is 2.81. The molecule has 2 rings (SSSR count). The average molecular weight is 263 g/mol. The zero-order valence-electron chi connectivity index (χ0n) is 11.6. The van der Waals surface area contributed by atoms with Crippen molar-refractivity contribution in [1.82, 2.24) is 15.2 Å². The predicted molar refractivity (Wildman–Crippen MR) is 73.0 cm³/mol. The maximum atomic E-state index is 10.7. The van der Waals surface area contributed by atoms with E-state index >= 15 is 0 Å². The standard InChI is InChI=1S/C14H21N3O2/c1-11(18)16-5-7-19-13-8-12(9-15-10-13)14-4-3-6-17(14)2/h8-10,14H,3-7H2,1-2H3,(H,16,18)/t14-/m0/s1. The maximum Gasteiger partial charge on any atom is 0.216 e. The van der Waals surface area contributed by atoms with Gasteiger partial charge in [0.15, 0.2) is 0 Å². The van der Waals surface area contributed by atoms with Gasteiger partial charge in [-0.1, -0.05) is 0 Å². The Kier molecular flexibility index (Phi) is 4.74. The number of hydrogen-bond acceptors (Lipinski definition) is 4. The zero-order chi connectivity index (χ0) is 13.7. The molecular formula is C14H21N3O2. The largest absolute Gasteiger partial charge is 0.490 e. The predicted octanol–water partition coefficient (Wildman–Crippen LogP) is 1.36. The fraction of sp³-hybridized carbons (Fsp3) is 0.571. The topological polar surface area (TPSA) is 54.5 Å². The second-order valence-corrected chi connectivity index (χ2v) is 4.92. The zero-order valence-corrected chi connectivity index (χ0v) is 11.6. The maximum absolute atomic E-state index is 10.7. The molecule has 1 aliphatic heterocycles. The van der Waals surface area contributed by atoms with E-state index in [4.69, 9.17) is 4.74 Å². The Morgan fingerprint density at radius 3 is 3.11 bits per heavy atom. The Labute approximate surface area is 114 Å². The van der Waals surface area contributed by atoms with E-state index in [2.05, 4.69) is 22.2 Å². The number of rotatable bonds is 5. The van der Waals surface area contributed by atoms with Gasteiger partial charge in [-0.05, 0) is 38.1 Å². The molecule has 0 radical (unpaired) electrons. The number of likely N-dealkylation sites (tertiary alicyclic amines) is 1. The molecule has 0 aliphatic carbocycles. The van der Waals surface area contributed by atoms with Crippen LogP contribution in [0.1, 0.15) is 31.4 Å². The van der Waals surface area contributed by atoms with E-state index < -0.39 is 0 Å². The van der Waals surface area contributed by atoms with Crippen molar-refractivity contribution in [3.8, 4) is 5.75 Å². The molecule has 1 amide bonds. The number of amides is 1. The van der Waals surface area contributed by atoms with Crippen LogP contribution in [-0.2, 0) is 4.79 Å². The summed E-state index contributed by atoms with van der Waals surface area (Å²) in [5.41, 5.74) is 1.21. The fourth-order valence-corrected chi connectivity index (χ4v) is 2.42. The smallest absolute Gasteiger partial charge is 0.216 e. The summed E-state index contributed by atoms with van der Waals surface area (Å²) >= 11 is 0. The number of carbonyl (C=O) groups excluding carboxylic acids is 1. The number of ether oxygens (including phenoxy) is 1. The molecule has 2 heterocycles. The molecule has 0 bridgehead atoms. The third-order valence-electron chi connectivity index (χ3n) is 3.38. The molecule has 1 atom stereocenters. The minimum Gasteiger partial charge on any atom is -0.490 e. The Hall–Kier alpha value is -1.62. The second-order valence-electron chi connectivity index (χ2n) is 4.92. The molecule has 1 fully saturated rings. The van der Waals surface area contributed by atoms with Gasteiger partial charge in [-0.2, -0.15) is 0 Å². The highest BCUT2D eigenvalue weighted by molar-refractivity contribution is 5.72. The van der Waals surface area contributed by atoms with Crippen LogP contribution in [0.2, 0.25) is 0 Å². The third-order valence-corrected chi connectivity index (χ3v) is 3.38. The normalized spacial score (nSPS) is 19.4. The number of hydrogen-bond donors (Lipinski definition) is 1. The van der Waals surface area contributed by atoms with Gasteiger partial charge < -0.3 is 10.1 Å². The van der Waals surface area contributed by atoms with Crippen molar-refractivity contribution in [3.63, 3.8) is 0 Å². The first-order valence-corrected chi connectivity index (χ1v) is 6.69. The van der Waals surface area contributed by atoms with Crippen molar-refractivity contribution in [1.29, 1.82) is 0 Å². The van der Waals surface area contributed by atoms with Gasteiger partial charge in [0.05, 0.1) is 12.7 Å². The minimum absolute atomic E-state index is 0.0388. The first-order chi connectivity index (χ1) is 9.16. The Morgan fingerprint density at radius 2 is 2.42 bits per heavy atom. The van der Waals surface area contributed by atoms with Crippen molar-refractivity contribution < 1.29 is 9.53 Å². The lowest BCUT2D eigenvalue weighted by Gasteiger charge is -2.19. The van der Waals surface area contributed by atoms with E-state index in [1.165, 1.54) is 25.3 Å². The Balaban J connectivity index is 1.90. The molecule has 5 nitrogen and oxygen atoms in total. The number of pyridine rings is 1. The summed E-state index contributed by atoms with van der Waals surface area (Å²) in [5, 5.41) is 2.70. The van der Waals surface area contributed by atoms with Crippen LogP contribution in [0.5, 0.6) is 5.75 Å². The molecule has 0 spiro atoms. The number of nitrogens with one attached hydrogen (secondary N) is 1. The SMILES string of the molecule is CC(=O)NCCOc1cncc([C@@H]2CCCN2C)c1. The molecule has 1 aromatic rings. The van der Waals surface area contributed by atoms with Crippen LogP contribution in [-0.4, -0.2) is 42.5 Å². The summed E-state index contributed by atoms with van der Waals surface area (Å²) in [6.07, 6.45) is 6.03.